The number of methoxy groups -OCH3 is 1. The molecule has 0 aliphatic carbocycles. The van der Waals surface area contributed by atoms with E-state index in [4.69, 9.17) is 10.5 Å². The van der Waals surface area contributed by atoms with E-state index in [0.29, 0.717) is 13.1 Å². The standard InChI is InChI=1S/C16H18N2O2/c1-20-15-6-4-13(5-7-15)2-3-14-8-10-18(11-9-17)16(19)12-14/h2-8,10,12H,9,11,17H2,1H3/b3-2+. The van der Waals surface area contributed by atoms with Gasteiger partial charge in [0.15, 0.2) is 0 Å². The molecule has 0 bridgehead atoms. The van der Waals surface area contributed by atoms with Crippen molar-refractivity contribution in [3.05, 3.63) is 64.1 Å². The highest BCUT2D eigenvalue weighted by Crippen LogP contribution is 2.13. The van der Waals surface area contributed by atoms with Crippen LogP contribution in [0.25, 0.3) is 12.2 Å². The first kappa shape index (κ1) is 14.1. The minimum Gasteiger partial charge on any atom is -0.497 e. The molecule has 4 nitrogen and oxygen atoms in total. The highest BCUT2D eigenvalue weighted by molar-refractivity contribution is 5.69. The maximum atomic E-state index is 11.8. The van der Waals surface area contributed by atoms with Gasteiger partial charge in [0.05, 0.1) is 7.11 Å². The lowest BCUT2D eigenvalue weighted by Crippen LogP contribution is -2.22. The highest BCUT2D eigenvalue weighted by atomic mass is 16.5. The fraction of sp³-hybridized carbons (Fsp3) is 0.188. The number of benzene rings is 1. The Hall–Kier alpha value is -2.33. The molecule has 4 heteroatoms. The summed E-state index contributed by atoms with van der Waals surface area (Å²) in [7, 11) is 1.64. The molecule has 20 heavy (non-hydrogen) atoms. The van der Waals surface area contributed by atoms with E-state index in [-0.39, 0.29) is 5.56 Å². The van der Waals surface area contributed by atoms with Crippen LogP contribution in [0.3, 0.4) is 0 Å². The van der Waals surface area contributed by atoms with Crippen LogP contribution >= 0.6 is 0 Å². The largest absolute Gasteiger partial charge is 0.497 e. The number of aromatic nitrogens is 1. The second-order valence-corrected chi connectivity index (χ2v) is 4.39. The number of nitrogens with zero attached hydrogens (tertiary/aromatic N) is 1. The van der Waals surface area contributed by atoms with E-state index in [2.05, 4.69) is 0 Å². The van der Waals surface area contributed by atoms with Crippen LogP contribution in [0.15, 0.2) is 47.4 Å². The second-order valence-electron chi connectivity index (χ2n) is 4.39. The van der Waals surface area contributed by atoms with Gasteiger partial charge in [0.1, 0.15) is 5.75 Å². The zero-order valence-electron chi connectivity index (χ0n) is 11.5. The van der Waals surface area contributed by atoms with Crippen molar-refractivity contribution >= 4 is 12.2 Å². The lowest BCUT2D eigenvalue weighted by Gasteiger charge is -2.03. The van der Waals surface area contributed by atoms with Crippen molar-refractivity contribution in [2.24, 2.45) is 5.73 Å². The summed E-state index contributed by atoms with van der Waals surface area (Å²) in [6.45, 7) is 1.00. The number of rotatable bonds is 5. The van der Waals surface area contributed by atoms with Crippen LogP contribution in [0.1, 0.15) is 11.1 Å². The molecule has 1 aromatic heterocycles. The predicted molar refractivity (Wildman–Crippen MR) is 81.7 cm³/mol. The lowest BCUT2D eigenvalue weighted by atomic mass is 10.1. The van der Waals surface area contributed by atoms with Crippen LogP contribution in [0.2, 0.25) is 0 Å². The molecule has 1 heterocycles. The molecule has 0 aliphatic rings. The Morgan fingerprint density at radius 3 is 2.45 bits per heavy atom. The Labute approximate surface area is 118 Å². The molecule has 0 amide bonds. The van der Waals surface area contributed by atoms with Gasteiger partial charge in [-0.1, -0.05) is 24.3 Å². The molecule has 0 radical (unpaired) electrons. The lowest BCUT2D eigenvalue weighted by molar-refractivity contribution is 0.415. The van der Waals surface area contributed by atoms with E-state index >= 15 is 0 Å². The average Bonchev–Trinajstić information content (AvgIpc) is 2.48. The Kier molecular flexibility index (Phi) is 4.74. The summed E-state index contributed by atoms with van der Waals surface area (Å²) in [4.78, 5) is 11.8. The van der Waals surface area contributed by atoms with Gasteiger partial charge < -0.3 is 15.0 Å². The number of hydrogen-bond donors (Lipinski definition) is 1. The first-order chi connectivity index (χ1) is 9.72. The molecule has 0 spiro atoms. The summed E-state index contributed by atoms with van der Waals surface area (Å²) in [6.07, 6.45) is 5.64. The minimum atomic E-state index is -0.0349. The maximum Gasteiger partial charge on any atom is 0.251 e. The minimum absolute atomic E-state index is 0.0349. The van der Waals surface area contributed by atoms with Crippen LogP contribution < -0.4 is 16.0 Å². The molecular formula is C16H18N2O2. The van der Waals surface area contributed by atoms with Crippen molar-refractivity contribution in [2.75, 3.05) is 13.7 Å². The van der Waals surface area contributed by atoms with Crippen molar-refractivity contribution in [3.8, 4) is 5.75 Å². The number of hydrogen-bond acceptors (Lipinski definition) is 3. The topological polar surface area (TPSA) is 57.2 Å². The third kappa shape index (κ3) is 3.59. The SMILES string of the molecule is COc1ccc(/C=C/c2ccn(CCN)c(=O)c2)cc1. The van der Waals surface area contributed by atoms with Gasteiger partial charge in [-0.15, -0.1) is 0 Å². The molecule has 1 aromatic carbocycles. The zero-order valence-corrected chi connectivity index (χ0v) is 11.5. The molecule has 2 rings (SSSR count). The molecule has 0 aliphatic heterocycles. The fourth-order valence-corrected chi connectivity index (χ4v) is 1.86. The van der Waals surface area contributed by atoms with Gasteiger partial charge >= 0.3 is 0 Å². The van der Waals surface area contributed by atoms with Crippen molar-refractivity contribution in [3.63, 3.8) is 0 Å². The highest BCUT2D eigenvalue weighted by Gasteiger charge is 1.96. The monoisotopic (exact) mass is 270 g/mol. The van der Waals surface area contributed by atoms with Gasteiger partial charge in [-0.3, -0.25) is 4.79 Å². The van der Waals surface area contributed by atoms with Gasteiger partial charge in [-0.2, -0.15) is 0 Å². The van der Waals surface area contributed by atoms with Gasteiger partial charge in [-0.05, 0) is 29.3 Å². The molecular weight excluding hydrogens is 252 g/mol. The Balaban J connectivity index is 2.14. The third-order valence-corrected chi connectivity index (χ3v) is 2.97. The van der Waals surface area contributed by atoms with Gasteiger partial charge in [0.25, 0.3) is 5.56 Å². The molecule has 0 atom stereocenters. The molecule has 0 saturated heterocycles. The number of pyridine rings is 1. The molecule has 2 aromatic rings. The Morgan fingerprint density at radius 2 is 1.85 bits per heavy atom. The van der Waals surface area contributed by atoms with E-state index in [9.17, 15) is 4.79 Å². The van der Waals surface area contributed by atoms with E-state index < -0.39 is 0 Å². The van der Waals surface area contributed by atoms with Crippen LogP contribution in [-0.2, 0) is 6.54 Å². The second kappa shape index (κ2) is 6.73. The summed E-state index contributed by atoms with van der Waals surface area (Å²) < 4.78 is 6.71. The number of nitrogens with two attached hydrogens (primary N) is 1. The molecule has 0 saturated carbocycles. The van der Waals surface area contributed by atoms with Crippen LogP contribution in [0.4, 0.5) is 0 Å². The summed E-state index contributed by atoms with van der Waals surface area (Å²) in [6, 6.07) is 11.2. The van der Waals surface area contributed by atoms with Crippen molar-refractivity contribution in [2.45, 2.75) is 6.54 Å². The van der Waals surface area contributed by atoms with E-state index in [1.807, 2.05) is 42.5 Å². The van der Waals surface area contributed by atoms with Crippen molar-refractivity contribution in [1.29, 1.82) is 0 Å². The summed E-state index contributed by atoms with van der Waals surface area (Å²) in [5.41, 5.74) is 7.33. The van der Waals surface area contributed by atoms with Crippen LogP contribution in [0.5, 0.6) is 5.75 Å². The Bertz CT molecular complexity index is 642. The summed E-state index contributed by atoms with van der Waals surface area (Å²) >= 11 is 0. The van der Waals surface area contributed by atoms with Crippen molar-refractivity contribution < 1.29 is 4.74 Å². The maximum absolute atomic E-state index is 11.8. The van der Waals surface area contributed by atoms with Crippen molar-refractivity contribution in [1.82, 2.24) is 4.57 Å². The zero-order chi connectivity index (χ0) is 14.4. The first-order valence-electron chi connectivity index (χ1n) is 6.45. The van der Waals surface area contributed by atoms with Gasteiger partial charge in [-0.25, -0.2) is 0 Å². The van der Waals surface area contributed by atoms with Gasteiger partial charge in [0, 0.05) is 25.4 Å². The fourth-order valence-electron chi connectivity index (χ4n) is 1.86. The Morgan fingerprint density at radius 1 is 1.15 bits per heavy atom. The molecule has 0 fully saturated rings. The van der Waals surface area contributed by atoms with E-state index in [0.717, 1.165) is 16.9 Å². The predicted octanol–water partition coefficient (Wildman–Crippen LogP) is 1.99. The summed E-state index contributed by atoms with van der Waals surface area (Å²) in [5, 5.41) is 0. The smallest absolute Gasteiger partial charge is 0.251 e. The van der Waals surface area contributed by atoms with Crippen LogP contribution in [0, 0.1) is 0 Å². The van der Waals surface area contributed by atoms with Gasteiger partial charge in [0.2, 0.25) is 0 Å². The third-order valence-electron chi connectivity index (χ3n) is 2.97. The molecule has 0 unspecified atom stereocenters. The summed E-state index contributed by atoms with van der Waals surface area (Å²) in [5.74, 6) is 0.825. The van der Waals surface area contributed by atoms with E-state index in [1.165, 1.54) is 0 Å². The molecule has 104 valence electrons. The van der Waals surface area contributed by atoms with E-state index in [1.54, 1.807) is 23.9 Å². The van der Waals surface area contributed by atoms with Crippen LogP contribution in [-0.4, -0.2) is 18.2 Å². The quantitative estimate of drug-likeness (QED) is 0.904. The number of ether oxygens (including phenoxy) is 1. The first-order valence-corrected chi connectivity index (χ1v) is 6.45. The molecule has 2 N–H and O–H groups in total. The average molecular weight is 270 g/mol. The normalized spacial score (nSPS) is 10.9.